The lowest BCUT2D eigenvalue weighted by Crippen LogP contribution is -2.25. The van der Waals surface area contributed by atoms with E-state index in [2.05, 4.69) is 36.4 Å². The number of aromatic nitrogens is 4. The highest BCUT2D eigenvalue weighted by molar-refractivity contribution is 9.10. The van der Waals surface area contributed by atoms with Crippen molar-refractivity contribution in [3.63, 3.8) is 0 Å². The summed E-state index contributed by atoms with van der Waals surface area (Å²) < 4.78 is 2.63. The Balaban J connectivity index is 1.66. The third kappa shape index (κ3) is 3.09. The first kappa shape index (κ1) is 14.5. The topological polar surface area (TPSA) is 75.6 Å². The first-order chi connectivity index (χ1) is 10.6. The molecule has 22 heavy (non-hydrogen) atoms. The van der Waals surface area contributed by atoms with Crippen molar-refractivity contribution < 1.29 is 4.79 Å². The number of hydrogen-bond acceptors (Lipinski definition) is 3. The highest BCUT2D eigenvalue weighted by Gasteiger charge is 2.12. The molecule has 2 N–H and O–H groups in total. The fourth-order valence-electron chi connectivity index (χ4n) is 2.10. The van der Waals surface area contributed by atoms with Gasteiger partial charge in [0.25, 0.3) is 5.91 Å². The van der Waals surface area contributed by atoms with Crippen LogP contribution >= 0.6 is 15.9 Å². The quantitative estimate of drug-likeness (QED) is 0.751. The standard InChI is InChI=1S/C15H14BrN5O/c1-21-9-11(16)7-12(21)15(22)17-8-13-18-14(20-19-13)10-5-3-2-4-6-10/h2-7,9H,8H2,1H3,(H,17,22)(H,18,19,20). The van der Waals surface area contributed by atoms with Crippen LogP contribution in [0.15, 0.2) is 47.1 Å². The Hall–Kier alpha value is -2.41. The summed E-state index contributed by atoms with van der Waals surface area (Å²) in [7, 11) is 1.82. The lowest BCUT2D eigenvalue weighted by Gasteiger charge is -2.03. The molecule has 0 radical (unpaired) electrons. The SMILES string of the molecule is Cn1cc(Br)cc1C(=O)NCc1nc(-c2ccccc2)n[nH]1. The summed E-state index contributed by atoms with van der Waals surface area (Å²) in [6, 6.07) is 11.4. The zero-order valence-corrected chi connectivity index (χ0v) is 13.5. The van der Waals surface area contributed by atoms with E-state index in [0.717, 1.165) is 10.0 Å². The van der Waals surface area contributed by atoms with Gasteiger partial charge in [-0.15, -0.1) is 0 Å². The van der Waals surface area contributed by atoms with Gasteiger partial charge in [0.15, 0.2) is 5.82 Å². The number of carbonyl (C=O) groups is 1. The molecule has 1 amide bonds. The molecule has 0 spiro atoms. The molecule has 6 nitrogen and oxygen atoms in total. The van der Waals surface area contributed by atoms with Crippen LogP contribution in [0.1, 0.15) is 16.3 Å². The zero-order valence-electron chi connectivity index (χ0n) is 11.9. The van der Waals surface area contributed by atoms with Gasteiger partial charge >= 0.3 is 0 Å². The van der Waals surface area contributed by atoms with Crippen molar-refractivity contribution in [2.75, 3.05) is 0 Å². The van der Waals surface area contributed by atoms with Crippen molar-refractivity contribution >= 4 is 21.8 Å². The summed E-state index contributed by atoms with van der Waals surface area (Å²) in [5.41, 5.74) is 1.51. The van der Waals surface area contributed by atoms with Crippen LogP contribution in [0.4, 0.5) is 0 Å². The summed E-state index contributed by atoms with van der Waals surface area (Å²) in [6.07, 6.45) is 1.83. The van der Waals surface area contributed by atoms with Crippen LogP contribution in [0.25, 0.3) is 11.4 Å². The van der Waals surface area contributed by atoms with Gasteiger partial charge in [-0.05, 0) is 22.0 Å². The molecular formula is C15H14BrN5O. The van der Waals surface area contributed by atoms with E-state index in [0.29, 0.717) is 23.9 Å². The van der Waals surface area contributed by atoms with E-state index in [4.69, 9.17) is 0 Å². The highest BCUT2D eigenvalue weighted by Crippen LogP contribution is 2.14. The average Bonchev–Trinajstić information content (AvgIpc) is 3.12. The van der Waals surface area contributed by atoms with E-state index in [-0.39, 0.29) is 5.91 Å². The predicted octanol–water partition coefficient (Wildman–Crippen LogP) is 2.50. The number of amides is 1. The number of H-pyrrole nitrogens is 1. The second kappa shape index (κ2) is 6.15. The molecule has 0 aliphatic heterocycles. The number of hydrogen-bond donors (Lipinski definition) is 2. The number of carbonyl (C=O) groups excluding carboxylic acids is 1. The molecule has 112 valence electrons. The van der Waals surface area contributed by atoms with Crippen molar-refractivity contribution in [1.29, 1.82) is 0 Å². The van der Waals surface area contributed by atoms with Crippen molar-refractivity contribution in [1.82, 2.24) is 25.1 Å². The maximum Gasteiger partial charge on any atom is 0.268 e. The summed E-state index contributed by atoms with van der Waals surface area (Å²) in [6.45, 7) is 0.293. The minimum absolute atomic E-state index is 0.161. The second-order valence-electron chi connectivity index (χ2n) is 4.81. The maximum absolute atomic E-state index is 12.1. The smallest absolute Gasteiger partial charge is 0.268 e. The zero-order chi connectivity index (χ0) is 15.5. The first-order valence-electron chi connectivity index (χ1n) is 6.70. The van der Waals surface area contributed by atoms with Crippen LogP contribution in [0.2, 0.25) is 0 Å². The van der Waals surface area contributed by atoms with E-state index in [9.17, 15) is 4.79 Å². The largest absolute Gasteiger partial charge is 0.345 e. The monoisotopic (exact) mass is 359 g/mol. The van der Waals surface area contributed by atoms with Crippen LogP contribution in [0.5, 0.6) is 0 Å². The van der Waals surface area contributed by atoms with E-state index >= 15 is 0 Å². The normalized spacial score (nSPS) is 10.6. The van der Waals surface area contributed by atoms with Gasteiger partial charge in [0.1, 0.15) is 11.5 Å². The van der Waals surface area contributed by atoms with E-state index in [1.54, 1.807) is 10.6 Å². The Morgan fingerprint density at radius 1 is 1.36 bits per heavy atom. The summed E-state index contributed by atoms with van der Waals surface area (Å²) >= 11 is 3.35. The first-order valence-corrected chi connectivity index (χ1v) is 7.49. The molecule has 0 saturated carbocycles. The van der Waals surface area contributed by atoms with Crippen molar-refractivity contribution in [3.05, 3.63) is 58.6 Å². The van der Waals surface area contributed by atoms with Gasteiger partial charge < -0.3 is 9.88 Å². The average molecular weight is 360 g/mol. The maximum atomic E-state index is 12.1. The Morgan fingerprint density at radius 2 is 2.14 bits per heavy atom. The summed E-state index contributed by atoms with van der Waals surface area (Å²) in [4.78, 5) is 16.5. The fraction of sp³-hybridized carbons (Fsp3) is 0.133. The van der Waals surface area contributed by atoms with E-state index in [1.165, 1.54) is 0 Å². The lowest BCUT2D eigenvalue weighted by atomic mass is 10.2. The second-order valence-corrected chi connectivity index (χ2v) is 5.72. The Bertz CT molecular complexity index is 793. The van der Waals surface area contributed by atoms with E-state index < -0.39 is 0 Å². The molecule has 3 rings (SSSR count). The minimum atomic E-state index is -0.161. The predicted molar refractivity (Wildman–Crippen MR) is 86.1 cm³/mol. The highest BCUT2D eigenvalue weighted by atomic mass is 79.9. The third-order valence-electron chi connectivity index (χ3n) is 3.18. The molecule has 7 heteroatoms. The molecule has 0 bridgehead atoms. The van der Waals surface area contributed by atoms with Gasteiger partial charge in [-0.3, -0.25) is 9.89 Å². The van der Waals surface area contributed by atoms with Gasteiger partial charge in [0, 0.05) is 23.3 Å². The molecule has 0 saturated heterocycles. The van der Waals surface area contributed by atoms with Crippen LogP contribution in [-0.2, 0) is 13.6 Å². The van der Waals surface area contributed by atoms with Gasteiger partial charge in [0.2, 0.25) is 0 Å². The Kier molecular flexibility index (Phi) is 4.06. The van der Waals surface area contributed by atoms with Crippen molar-refractivity contribution in [2.24, 2.45) is 7.05 Å². The Morgan fingerprint density at radius 3 is 2.82 bits per heavy atom. The molecule has 1 aromatic carbocycles. The minimum Gasteiger partial charge on any atom is -0.345 e. The molecule has 2 heterocycles. The van der Waals surface area contributed by atoms with Gasteiger partial charge in [-0.1, -0.05) is 30.3 Å². The van der Waals surface area contributed by atoms with Crippen LogP contribution in [0, 0.1) is 0 Å². The third-order valence-corrected chi connectivity index (χ3v) is 3.62. The lowest BCUT2D eigenvalue weighted by molar-refractivity contribution is 0.0942. The number of nitrogens with zero attached hydrogens (tertiary/aromatic N) is 3. The van der Waals surface area contributed by atoms with Crippen LogP contribution in [-0.4, -0.2) is 25.7 Å². The van der Waals surface area contributed by atoms with Crippen LogP contribution in [0.3, 0.4) is 0 Å². The van der Waals surface area contributed by atoms with Gasteiger partial charge in [-0.25, -0.2) is 4.98 Å². The summed E-state index contributed by atoms with van der Waals surface area (Å²) in [5, 5.41) is 9.82. The number of aryl methyl sites for hydroxylation is 1. The Labute approximate surface area is 135 Å². The number of aromatic amines is 1. The van der Waals surface area contributed by atoms with Crippen molar-refractivity contribution in [2.45, 2.75) is 6.54 Å². The molecular weight excluding hydrogens is 346 g/mol. The molecule has 0 aliphatic carbocycles. The molecule has 3 aromatic rings. The van der Waals surface area contributed by atoms with E-state index in [1.807, 2.05) is 43.6 Å². The molecule has 0 atom stereocenters. The van der Waals surface area contributed by atoms with Crippen molar-refractivity contribution in [3.8, 4) is 11.4 Å². The molecule has 0 fully saturated rings. The van der Waals surface area contributed by atoms with Crippen LogP contribution < -0.4 is 5.32 Å². The number of rotatable bonds is 4. The fourth-order valence-corrected chi connectivity index (χ4v) is 2.62. The number of nitrogens with one attached hydrogen (secondary N) is 2. The number of benzene rings is 1. The van der Waals surface area contributed by atoms with Gasteiger partial charge in [-0.2, -0.15) is 5.10 Å². The van der Waals surface area contributed by atoms with Gasteiger partial charge in [0.05, 0.1) is 6.54 Å². The molecule has 0 unspecified atom stereocenters. The number of halogens is 1. The summed E-state index contributed by atoms with van der Waals surface area (Å²) in [5.74, 6) is 1.07. The molecule has 2 aromatic heterocycles. The molecule has 0 aliphatic rings.